The van der Waals surface area contributed by atoms with Crippen LogP contribution in [0.15, 0.2) is 24.4 Å². The number of amides is 1. The maximum Gasteiger partial charge on any atom is 0.276 e. The summed E-state index contributed by atoms with van der Waals surface area (Å²) in [7, 11) is 0. The van der Waals surface area contributed by atoms with Crippen molar-refractivity contribution in [1.82, 2.24) is 24.8 Å². The van der Waals surface area contributed by atoms with Crippen molar-refractivity contribution in [2.75, 3.05) is 26.2 Å². The minimum Gasteiger partial charge on any atom is -0.370 e. The highest BCUT2D eigenvalue weighted by Crippen LogP contribution is 2.30. The number of piperazine rings is 1. The third-order valence-corrected chi connectivity index (χ3v) is 5.73. The van der Waals surface area contributed by atoms with Gasteiger partial charge in [0.05, 0.1) is 12.7 Å². The number of hydrogen-bond donors (Lipinski definition) is 2. The third-order valence-electron chi connectivity index (χ3n) is 5.73. The lowest BCUT2D eigenvalue weighted by Gasteiger charge is -2.34. The monoisotopic (exact) mass is 461 g/mol. The van der Waals surface area contributed by atoms with Gasteiger partial charge in [0.1, 0.15) is 0 Å². The molecule has 1 aromatic heterocycles. The maximum absolute atomic E-state index is 12.8. The van der Waals surface area contributed by atoms with Gasteiger partial charge in [-0.3, -0.25) is 10.2 Å². The first-order chi connectivity index (χ1) is 14.3. The molecule has 3 rings (SSSR count). The van der Waals surface area contributed by atoms with E-state index in [2.05, 4.69) is 70.1 Å². The number of nitrogens with one attached hydrogen (secondary N) is 1. The van der Waals surface area contributed by atoms with Crippen LogP contribution in [0.25, 0.3) is 0 Å². The Morgan fingerprint density at radius 1 is 0.969 bits per heavy atom. The average Bonchev–Trinajstić information content (AvgIpc) is 3.14. The van der Waals surface area contributed by atoms with Gasteiger partial charge in [0.15, 0.2) is 11.7 Å². The van der Waals surface area contributed by atoms with E-state index in [4.69, 9.17) is 11.1 Å². The minimum absolute atomic E-state index is 0. The van der Waals surface area contributed by atoms with Crippen LogP contribution in [-0.4, -0.2) is 62.8 Å². The average molecular weight is 462 g/mol. The van der Waals surface area contributed by atoms with Crippen LogP contribution in [0.4, 0.5) is 0 Å². The van der Waals surface area contributed by atoms with E-state index in [0.29, 0.717) is 38.4 Å². The van der Waals surface area contributed by atoms with E-state index < -0.39 is 0 Å². The Labute approximate surface area is 197 Å². The molecule has 1 amide bonds. The number of hydrogen-bond acceptors (Lipinski definition) is 4. The lowest BCUT2D eigenvalue weighted by atomic mass is 9.79. The summed E-state index contributed by atoms with van der Waals surface area (Å²) in [5, 5.41) is 15.9. The van der Waals surface area contributed by atoms with E-state index in [1.165, 1.54) is 11.1 Å². The van der Waals surface area contributed by atoms with Crippen LogP contribution < -0.4 is 5.73 Å². The molecule has 0 radical (unpaired) electrons. The fraction of sp³-hybridized carbons (Fsp3) is 0.565. The number of nitrogens with zero attached hydrogens (tertiary/aromatic N) is 5. The molecule has 2 aromatic rings. The van der Waals surface area contributed by atoms with Gasteiger partial charge in [-0.15, -0.1) is 17.5 Å². The summed E-state index contributed by atoms with van der Waals surface area (Å²) in [6, 6.07) is 6.74. The number of guanidine groups is 1. The maximum atomic E-state index is 12.8. The van der Waals surface area contributed by atoms with Crippen molar-refractivity contribution in [1.29, 1.82) is 5.41 Å². The highest BCUT2D eigenvalue weighted by Gasteiger charge is 2.25. The summed E-state index contributed by atoms with van der Waals surface area (Å²) >= 11 is 0. The summed E-state index contributed by atoms with van der Waals surface area (Å²) in [6.45, 7) is 16.0. The molecule has 32 heavy (non-hydrogen) atoms. The number of carbonyl (C=O) groups is 1. The molecule has 0 unspecified atom stereocenters. The van der Waals surface area contributed by atoms with Crippen molar-refractivity contribution >= 4 is 24.3 Å². The van der Waals surface area contributed by atoms with Gasteiger partial charge in [0.25, 0.3) is 5.91 Å². The summed E-state index contributed by atoms with van der Waals surface area (Å²) in [6.07, 6.45) is 1.72. The Balaban J connectivity index is 0.00000363. The molecule has 0 spiro atoms. The molecule has 9 heteroatoms. The first kappa shape index (κ1) is 25.6. The summed E-state index contributed by atoms with van der Waals surface area (Å²) < 4.78 is 1.73. The molecule has 1 aliphatic heterocycles. The van der Waals surface area contributed by atoms with Gasteiger partial charge in [0, 0.05) is 26.2 Å². The Hall–Kier alpha value is -2.61. The second-order valence-corrected chi connectivity index (χ2v) is 10.4. The molecule has 2 heterocycles. The molecule has 1 saturated heterocycles. The van der Waals surface area contributed by atoms with Crippen LogP contribution in [0.1, 0.15) is 68.7 Å². The van der Waals surface area contributed by atoms with Gasteiger partial charge in [-0.05, 0) is 27.5 Å². The summed E-state index contributed by atoms with van der Waals surface area (Å²) in [5.74, 6) is -0.0848. The minimum atomic E-state index is -0.131. The lowest BCUT2D eigenvalue weighted by Crippen LogP contribution is -2.52. The zero-order chi connectivity index (χ0) is 23.0. The molecule has 0 bridgehead atoms. The number of benzene rings is 1. The largest absolute Gasteiger partial charge is 0.370 e. The van der Waals surface area contributed by atoms with Crippen molar-refractivity contribution in [2.24, 2.45) is 5.73 Å². The normalized spacial score (nSPS) is 14.8. The van der Waals surface area contributed by atoms with E-state index in [0.717, 1.165) is 5.56 Å². The van der Waals surface area contributed by atoms with Crippen LogP contribution in [0.2, 0.25) is 0 Å². The van der Waals surface area contributed by atoms with Crippen molar-refractivity contribution in [2.45, 2.75) is 58.9 Å². The Morgan fingerprint density at radius 2 is 1.47 bits per heavy atom. The van der Waals surface area contributed by atoms with Gasteiger partial charge < -0.3 is 15.5 Å². The Kier molecular flexibility index (Phi) is 7.60. The Morgan fingerprint density at radius 3 is 1.94 bits per heavy atom. The standard InChI is InChI=1S/C23H35N7O.ClH/c1-22(2,3)17-11-16(12-18(13-17)23(4,5)6)14-30-15-19(26-27-30)20(31)28-7-9-29(10-8-28)21(24)25;/h11-13,15H,7-10,14H2,1-6H3,(H3,24,25);1H. The molecule has 0 atom stereocenters. The van der Waals surface area contributed by atoms with E-state index in [1.54, 1.807) is 20.7 Å². The van der Waals surface area contributed by atoms with Crippen molar-refractivity contribution in [3.8, 4) is 0 Å². The van der Waals surface area contributed by atoms with Crippen molar-refractivity contribution in [3.63, 3.8) is 0 Å². The smallest absolute Gasteiger partial charge is 0.276 e. The van der Waals surface area contributed by atoms with Crippen LogP contribution in [0.5, 0.6) is 0 Å². The van der Waals surface area contributed by atoms with Gasteiger partial charge in [-0.1, -0.05) is 65.0 Å². The second kappa shape index (κ2) is 9.48. The molecular formula is C23H36ClN7O. The summed E-state index contributed by atoms with van der Waals surface area (Å²) in [4.78, 5) is 16.3. The predicted octanol–water partition coefficient (Wildman–Crippen LogP) is 2.99. The Bertz CT molecular complexity index is 931. The number of rotatable bonds is 3. The topological polar surface area (TPSA) is 104 Å². The zero-order valence-electron chi connectivity index (χ0n) is 20.0. The number of nitrogens with two attached hydrogens (primary N) is 1. The molecule has 1 aromatic carbocycles. The van der Waals surface area contributed by atoms with Crippen LogP contribution in [0, 0.1) is 5.41 Å². The van der Waals surface area contributed by atoms with E-state index >= 15 is 0 Å². The second-order valence-electron chi connectivity index (χ2n) is 10.4. The highest BCUT2D eigenvalue weighted by molar-refractivity contribution is 5.92. The molecule has 1 aliphatic rings. The fourth-order valence-electron chi connectivity index (χ4n) is 3.62. The molecular weight excluding hydrogens is 426 g/mol. The van der Waals surface area contributed by atoms with Crippen LogP contribution in [-0.2, 0) is 17.4 Å². The molecule has 0 saturated carbocycles. The van der Waals surface area contributed by atoms with Gasteiger partial charge in [-0.2, -0.15) is 0 Å². The number of carbonyl (C=O) groups excluding carboxylic acids is 1. The van der Waals surface area contributed by atoms with E-state index in [-0.39, 0.29) is 35.1 Å². The highest BCUT2D eigenvalue weighted by atomic mass is 35.5. The summed E-state index contributed by atoms with van der Waals surface area (Å²) in [5.41, 5.74) is 9.69. The lowest BCUT2D eigenvalue weighted by molar-refractivity contribution is 0.0684. The molecule has 8 nitrogen and oxygen atoms in total. The molecule has 1 fully saturated rings. The van der Waals surface area contributed by atoms with Gasteiger partial charge in [0.2, 0.25) is 0 Å². The van der Waals surface area contributed by atoms with E-state index in [1.807, 2.05) is 0 Å². The van der Waals surface area contributed by atoms with Gasteiger partial charge in [-0.25, -0.2) is 4.68 Å². The fourth-order valence-corrected chi connectivity index (χ4v) is 3.62. The third kappa shape index (κ3) is 6.00. The number of halogens is 1. The van der Waals surface area contributed by atoms with E-state index in [9.17, 15) is 4.79 Å². The molecule has 3 N–H and O–H groups in total. The van der Waals surface area contributed by atoms with Gasteiger partial charge >= 0.3 is 0 Å². The van der Waals surface area contributed by atoms with Crippen LogP contribution >= 0.6 is 12.4 Å². The van der Waals surface area contributed by atoms with Crippen LogP contribution in [0.3, 0.4) is 0 Å². The van der Waals surface area contributed by atoms with Crippen molar-refractivity contribution < 1.29 is 4.79 Å². The SMILES string of the molecule is CC(C)(C)c1cc(Cn2cc(C(=O)N3CCN(C(=N)N)CC3)nn2)cc(C(C)(C)C)c1.Cl. The zero-order valence-corrected chi connectivity index (χ0v) is 20.8. The number of aromatic nitrogens is 3. The molecule has 176 valence electrons. The first-order valence-corrected chi connectivity index (χ1v) is 10.8. The quantitative estimate of drug-likeness (QED) is 0.540. The predicted molar refractivity (Wildman–Crippen MR) is 130 cm³/mol. The molecule has 0 aliphatic carbocycles. The van der Waals surface area contributed by atoms with Crippen molar-refractivity contribution in [3.05, 3.63) is 46.8 Å². The first-order valence-electron chi connectivity index (χ1n) is 10.8.